The average molecular weight is 204 g/mol. The lowest BCUT2D eigenvalue weighted by atomic mass is 10.3. The molecule has 0 aliphatic carbocycles. The molecule has 1 aromatic rings. The monoisotopic (exact) mass is 204 g/mol. The molecule has 80 valence electrons. The number of halogens is 2. The van der Waals surface area contributed by atoms with Crippen molar-refractivity contribution in [2.45, 2.75) is 39.3 Å². The quantitative estimate of drug-likeness (QED) is 0.797. The van der Waals surface area contributed by atoms with E-state index in [9.17, 15) is 8.78 Å². The van der Waals surface area contributed by atoms with Crippen molar-refractivity contribution < 1.29 is 13.2 Å². The molecule has 0 spiro atoms. The fourth-order valence-corrected chi connectivity index (χ4v) is 0.931. The Morgan fingerprint density at radius 2 is 2.29 bits per heavy atom. The van der Waals surface area contributed by atoms with Crippen molar-refractivity contribution in [3.63, 3.8) is 0 Å². The van der Waals surface area contributed by atoms with E-state index in [-0.39, 0.29) is 6.54 Å². The van der Waals surface area contributed by atoms with Gasteiger partial charge in [-0.05, 0) is 6.92 Å². The summed E-state index contributed by atoms with van der Waals surface area (Å²) in [5.74, 6) is 1.22. The Balaban J connectivity index is 2.37. The van der Waals surface area contributed by atoms with Crippen LogP contribution >= 0.6 is 0 Å². The number of hydrogen-bond donors (Lipinski definition) is 1. The van der Waals surface area contributed by atoms with Gasteiger partial charge in [-0.25, -0.2) is 13.8 Å². The number of nitrogens with zero attached hydrogens (tertiary/aromatic N) is 1. The highest BCUT2D eigenvalue weighted by Crippen LogP contribution is 2.05. The first-order chi connectivity index (χ1) is 6.63. The van der Waals surface area contributed by atoms with E-state index in [1.807, 2.05) is 6.92 Å². The van der Waals surface area contributed by atoms with Gasteiger partial charge in [0, 0.05) is 6.42 Å². The largest absolute Gasteiger partial charge is 0.444 e. The first kappa shape index (κ1) is 11.1. The second kappa shape index (κ2) is 5.05. The van der Waals surface area contributed by atoms with Crippen molar-refractivity contribution in [1.82, 2.24) is 10.3 Å². The maximum Gasteiger partial charge on any atom is 0.253 e. The number of hydrogen-bond acceptors (Lipinski definition) is 3. The average Bonchev–Trinajstić information content (AvgIpc) is 2.61. The van der Waals surface area contributed by atoms with Gasteiger partial charge in [-0.1, -0.05) is 6.92 Å². The van der Waals surface area contributed by atoms with Crippen LogP contribution in [0.2, 0.25) is 0 Å². The molecule has 0 saturated heterocycles. The first-order valence-electron chi connectivity index (χ1n) is 4.58. The molecule has 0 bridgehead atoms. The lowest BCUT2D eigenvalue weighted by molar-refractivity contribution is 0.104. The van der Waals surface area contributed by atoms with Crippen LogP contribution < -0.4 is 5.32 Å². The summed E-state index contributed by atoms with van der Waals surface area (Å²) < 4.78 is 29.4. The number of aryl methyl sites for hydroxylation is 1. The van der Waals surface area contributed by atoms with E-state index >= 15 is 0 Å². The number of oxazole rings is 1. The van der Waals surface area contributed by atoms with Gasteiger partial charge < -0.3 is 9.73 Å². The molecule has 0 aromatic carbocycles. The van der Waals surface area contributed by atoms with E-state index in [2.05, 4.69) is 10.3 Å². The Hall–Kier alpha value is -0.970. The van der Waals surface area contributed by atoms with E-state index < -0.39 is 12.5 Å². The second-order valence-electron chi connectivity index (χ2n) is 3.08. The van der Waals surface area contributed by atoms with Crippen LogP contribution in [-0.2, 0) is 13.0 Å². The minimum absolute atomic E-state index is 0.242. The van der Waals surface area contributed by atoms with Crippen LogP contribution in [0.15, 0.2) is 10.6 Å². The summed E-state index contributed by atoms with van der Waals surface area (Å²) in [5, 5.41) is 2.63. The Kier molecular flexibility index (Phi) is 4.00. The third-order valence-electron chi connectivity index (χ3n) is 1.90. The first-order valence-corrected chi connectivity index (χ1v) is 4.58. The smallest absolute Gasteiger partial charge is 0.253 e. The molecular weight excluding hydrogens is 190 g/mol. The summed E-state index contributed by atoms with van der Waals surface area (Å²) in [6.45, 7) is 3.61. The number of alkyl halides is 2. The summed E-state index contributed by atoms with van der Waals surface area (Å²) in [4.78, 5) is 3.94. The van der Waals surface area contributed by atoms with Crippen molar-refractivity contribution in [1.29, 1.82) is 0 Å². The van der Waals surface area contributed by atoms with Gasteiger partial charge in [0.25, 0.3) is 6.43 Å². The molecule has 0 aliphatic heterocycles. The third kappa shape index (κ3) is 3.06. The minimum Gasteiger partial charge on any atom is -0.444 e. The van der Waals surface area contributed by atoms with Crippen LogP contribution in [0.5, 0.6) is 0 Å². The summed E-state index contributed by atoms with van der Waals surface area (Å²) in [6.07, 6.45) is 0.0113. The van der Waals surface area contributed by atoms with Gasteiger partial charge in [0.15, 0.2) is 0 Å². The van der Waals surface area contributed by atoms with Gasteiger partial charge in [0.05, 0.1) is 18.8 Å². The van der Waals surface area contributed by atoms with Crippen LogP contribution in [0.3, 0.4) is 0 Å². The molecule has 3 nitrogen and oxygen atoms in total. The lowest BCUT2D eigenvalue weighted by Crippen LogP contribution is -2.32. The highest BCUT2D eigenvalue weighted by Gasteiger charge is 2.14. The van der Waals surface area contributed by atoms with Crippen molar-refractivity contribution in [2.75, 3.05) is 0 Å². The predicted octanol–water partition coefficient (Wildman–Crippen LogP) is 1.98. The lowest BCUT2D eigenvalue weighted by Gasteiger charge is -2.10. The fraction of sp³-hybridized carbons (Fsp3) is 0.667. The Bertz CT molecular complexity index is 276. The maximum atomic E-state index is 12.1. The van der Waals surface area contributed by atoms with E-state index in [0.29, 0.717) is 5.89 Å². The Labute approximate surface area is 81.5 Å². The standard InChI is InChI=1S/C9H14F2N2O/c1-3-7-4-13-8(14-7)5-12-6(2)9(10)11/h4,6,9,12H,3,5H2,1-2H3. The molecule has 1 aromatic heterocycles. The molecule has 0 saturated carbocycles. The van der Waals surface area contributed by atoms with Crippen molar-refractivity contribution in [3.05, 3.63) is 17.8 Å². The van der Waals surface area contributed by atoms with E-state index in [4.69, 9.17) is 4.42 Å². The summed E-state index contributed by atoms with van der Waals surface area (Å²) >= 11 is 0. The molecule has 14 heavy (non-hydrogen) atoms. The molecule has 1 atom stereocenters. The molecule has 0 amide bonds. The molecule has 0 fully saturated rings. The molecule has 0 aliphatic rings. The Morgan fingerprint density at radius 3 is 2.79 bits per heavy atom. The molecule has 0 radical (unpaired) electrons. The van der Waals surface area contributed by atoms with Crippen molar-refractivity contribution in [2.24, 2.45) is 0 Å². The van der Waals surface area contributed by atoms with Crippen molar-refractivity contribution in [3.8, 4) is 0 Å². The highest BCUT2D eigenvalue weighted by atomic mass is 19.3. The van der Waals surface area contributed by atoms with Crippen LogP contribution in [0.1, 0.15) is 25.5 Å². The molecule has 1 rings (SSSR count). The van der Waals surface area contributed by atoms with Gasteiger partial charge >= 0.3 is 0 Å². The fourth-order valence-electron chi connectivity index (χ4n) is 0.931. The highest BCUT2D eigenvalue weighted by molar-refractivity contribution is 4.93. The van der Waals surface area contributed by atoms with Crippen molar-refractivity contribution >= 4 is 0 Å². The second-order valence-corrected chi connectivity index (χ2v) is 3.08. The summed E-state index contributed by atoms with van der Waals surface area (Å²) in [6, 6.07) is -0.841. The molecular formula is C9H14F2N2O. The van der Waals surface area contributed by atoms with E-state index in [1.54, 1.807) is 6.20 Å². The summed E-state index contributed by atoms with van der Waals surface area (Å²) in [5.41, 5.74) is 0. The summed E-state index contributed by atoms with van der Waals surface area (Å²) in [7, 11) is 0. The molecule has 1 N–H and O–H groups in total. The van der Waals surface area contributed by atoms with Gasteiger partial charge in [0.1, 0.15) is 5.76 Å². The van der Waals surface area contributed by atoms with Crippen LogP contribution in [0, 0.1) is 0 Å². The van der Waals surface area contributed by atoms with Gasteiger partial charge in [-0.15, -0.1) is 0 Å². The van der Waals surface area contributed by atoms with Crippen LogP contribution in [-0.4, -0.2) is 17.5 Å². The van der Waals surface area contributed by atoms with Gasteiger partial charge in [-0.2, -0.15) is 0 Å². The molecule has 5 heteroatoms. The van der Waals surface area contributed by atoms with E-state index in [1.165, 1.54) is 6.92 Å². The van der Waals surface area contributed by atoms with Gasteiger partial charge in [0.2, 0.25) is 5.89 Å². The SMILES string of the molecule is CCc1cnc(CNC(C)C(F)F)o1. The Morgan fingerprint density at radius 1 is 1.57 bits per heavy atom. The topological polar surface area (TPSA) is 38.1 Å². The zero-order valence-electron chi connectivity index (χ0n) is 8.26. The third-order valence-corrected chi connectivity index (χ3v) is 1.90. The maximum absolute atomic E-state index is 12.1. The van der Waals surface area contributed by atoms with Crippen LogP contribution in [0.25, 0.3) is 0 Å². The van der Waals surface area contributed by atoms with Gasteiger partial charge in [-0.3, -0.25) is 0 Å². The molecule has 1 unspecified atom stereocenters. The molecule has 1 heterocycles. The number of nitrogens with one attached hydrogen (secondary N) is 1. The minimum atomic E-state index is -2.37. The number of rotatable bonds is 5. The zero-order valence-corrected chi connectivity index (χ0v) is 8.26. The zero-order chi connectivity index (χ0) is 10.6. The van der Waals surface area contributed by atoms with E-state index in [0.717, 1.165) is 12.2 Å². The predicted molar refractivity (Wildman–Crippen MR) is 48.2 cm³/mol. The van der Waals surface area contributed by atoms with Crippen LogP contribution in [0.4, 0.5) is 8.78 Å². The number of aromatic nitrogens is 1. The normalized spacial score (nSPS) is 13.5.